The van der Waals surface area contributed by atoms with Crippen LogP contribution in [0.4, 0.5) is 10.5 Å². The smallest absolute Gasteiger partial charge is 0.328 e. The number of carboxylic acids is 1. The van der Waals surface area contributed by atoms with Crippen molar-refractivity contribution in [1.29, 1.82) is 0 Å². The lowest BCUT2D eigenvalue weighted by Crippen LogP contribution is -2.35. The van der Waals surface area contributed by atoms with Gasteiger partial charge in [-0.3, -0.25) is 0 Å². The van der Waals surface area contributed by atoms with Crippen molar-refractivity contribution >= 4 is 23.8 Å². The molecule has 0 aliphatic rings. The maximum Gasteiger partial charge on any atom is 0.328 e. The molecule has 0 bridgehead atoms. The summed E-state index contributed by atoms with van der Waals surface area (Å²) in [6, 6.07) is 6.56. The van der Waals surface area contributed by atoms with Gasteiger partial charge in [-0.15, -0.1) is 0 Å². The highest BCUT2D eigenvalue weighted by Crippen LogP contribution is 2.11. The second-order valence-corrected chi connectivity index (χ2v) is 4.40. The summed E-state index contributed by atoms with van der Waals surface area (Å²) in [5.41, 5.74) is 1.28. The van der Waals surface area contributed by atoms with E-state index >= 15 is 0 Å². The zero-order valence-corrected chi connectivity index (χ0v) is 12.1. The molecule has 0 aliphatic heterocycles. The summed E-state index contributed by atoms with van der Waals surface area (Å²) >= 11 is 0. The van der Waals surface area contributed by atoms with E-state index < -0.39 is 5.97 Å². The average molecular weight is 292 g/mol. The number of aliphatic carboxylic acids is 1. The number of carbonyl (C=O) groups is 2. The molecular formula is C15H20N2O4. The number of nitrogens with one attached hydrogen (secondary N) is 2. The highest BCUT2D eigenvalue weighted by atomic mass is 16.5. The standard InChI is InChI=1S/C15H20N2O4/c1-3-21-11(2)10-16-15(20)17-13-6-4-5-12(9-13)7-8-14(18)19/h4-9,11H,3,10H2,1-2H3,(H,18,19)(H2,16,17,20)/b8-7+. The van der Waals surface area contributed by atoms with Crippen LogP contribution in [0.1, 0.15) is 19.4 Å². The topological polar surface area (TPSA) is 87.7 Å². The van der Waals surface area contributed by atoms with Crippen molar-refractivity contribution in [1.82, 2.24) is 5.32 Å². The predicted molar refractivity (Wildman–Crippen MR) is 81.2 cm³/mol. The summed E-state index contributed by atoms with van der Waals surface area (Å²) in [5, 5.41) is 14.0. The largest absolute Gasteiger partial charge is 0.478 e. The molecule has 0 spiro atoms. The van der Waals surface area contributed by atoms with Gasteiger partial charge in [0.15, 0.2) is 0 Å². The van der Waals surface area contributed by atoms with Gasteiger partial charge in [-0.1, -0.05) is 12.1 Å². The molecule has 0 heterocycles. The molecule has 1 aromatic rings. The first-order valence-corrected chi connectivity index (χ1v) is 6.68. The Morgan fingerprint density at radius 3 is 2.86 bits per heavy atom. The summed E-state index contributed by atoms with van der Waals surface area (Å²) in [7, 11) is 0. The van der Waals surface area contributed by atoms with Gasteiger partial charge in [-0.25, -0.2) is 9.59 Å². The van der Waals surface area contributed by atoms with E-state index in [1.807, 2.05) is 13.8 Å². The molecule has 1 aromatic carbocycles. The fraction of sp³-hybridized carbons (Fsp3) is 0.333. The number of carbonyl (C=O) groups excluding carboxylic acids is 1. The van der Waals surface area contributed by atoms with E-state index in [2.05, 4.69) is 10.6 Å². The van der Waals surface area contributed by atoms with Crippen molar-refractivity contribution < 1.29 is 19.4 Å². The lowest BCUT2D eigenvalue weighted by Gasteiger charge is -2.13. The Kier molecular flexibility index (Phi) is 6.97. The van der Waals surface area contributed by atoms with Gasteiger partial charge in [-0.05, 0) is 37.6 Å². The first-order chi connectivity index (χ1) is 10.0. The Labute approximate surface area is 123 Å². The van der Waals surface area contributed by atoms with Crippen LogP contribution in [-0.4, -0.2) is 36.4 Å². The minimum Gasteiger partial charge on any atom is -0.478 e. The number of hydrogen-bond donors (Lipinski definition) is 3. The molecule has 21 heavy (non-hydrogen) atoms. The van der Waals surface area contributed by atoms with E-state index in [0.717, 1.165) is 6.08 Å². The summed E-state index contributed by atoms with van der Waals surface area (Å²) < 4.78 is 5.31. The monoisotopic (exact) mass is 292 g/mol. The summed E-state index contributed by atoms with van der Waals surface area (Å²) in [6.07, 6.45) is 2.46. The predicted octanol–water partition coefficient (Wildman–Crippen LogP) is 2.33. The van der Waals surface area contributed by atoms with Crippen molar-refractivity contribution in [2.45, 2.75) is 20.0 Å². The third-order valence-corrected chi connectivity index (χ3v) is 2.56. The third-order valence-electron chi connectivity index (χ3n) is 2.56. The summed E-state index contributed by atoms with van der Waals surface area (Å²) in [5.74, 6) is -1.02. The molecule has 0 saturated carbocycles. The lowest BCUT2D eigenvalue weighted by atomic mass is 10.2. The summed E-state index contributed by atoms with van der Waals surface area (Å²) in [4.78, 5) is 22.2. The molecule has 1 rings (SSSR count). The zero-order chi connectivity index (χ0) is 15.7. The van der Waals surface area contributed by atoms with Gasteiger partial charge in [0, 0.05) is 24.9 Å². The van der Waals surface area contributed by atoms with Gasteiger partial charge >= 0.3 is 12.0 Å². The first kappa shape index (κ1) is 16.7. The maximum absolute atomic E-state index is 11.7. The molecule has 114 valence electrons. The molecule has 0 saturated heterocycles. The SMILES string of the molecule is CCOC(C)CNC(=O)Nc1cccc(/C=C/C(=O)O)c1. The van der Waals surface area contributed by atoms with E-state index in [-0.39, 0.29) is 12.1 Å². The molecule has 1 unspecified atom stereocenters. The number of urea groups is 1. The van der Waals surface area contributed by atoms with Crippen LogP contribution < -0.4 is 10.6 Å². The van der Waals surface area contributed by atoms with E-state index in [4.69, 9.17) is 9.84 Å². The van der Waals surface area contributed by atoms with Gasteiger partial charge in [0.25, 0.3) is 0 Å². The number of anilines is 1. The molecule has 1 atom stereocenters. The Hall–Kier alpha value is -2.34. The summed E-state index contributed by atoms with van der Waals surface area (Å²) in [6.45, 7) is 4.79. The Morgan fingerprint density at radius 1 is 1.43 bits per heavy atom. The molecule has 6 nitrogen and oxygen atoms in total. The van der Waals surface area contributed by atoms with Crippen LogP contribution >= 0.6 is 0 Å². The van der Waals surface area contributed by atoms with Crippen LogP contribution in [0.2, 0.25) is 0 Å². The van der Waals surface area contributed by atoms with Crippen LogP contribution in [-0.2, 0) is 9.53 Å². The minimum absolute atomic E-state index is 0.0504. The van der Waals surface area contributed by atoms with E-state index in [9.17, 15) is 9.59 Å². The second-order valence-electron chi connectivity index (χ2n) is 4.40. The van der Waals surface area contributed by atoms with E-state index in [1.54, 1.807) is 24.3 Å². The first-order valence-electron chi connectivity index (χ1n) is 6.68. The number of rotatable bonds is 7. The number of hydrogen-bond acceptors (Lipinski definition) is 3. The molecular weight excluding hydrogens is 272 g/mol. The van der Waals surface area contributed by atoms with Gasteiger partial charge in [-0.2, -0.15) is 0 Å². The highest BCUT2D eigenvalue weighted by molar-refractivity contribution is 5.90. The minimum atomic E-state index is -1.02. The van der Waals surface area contributed by atoms with E-state index in [1.165, 1.54) is 6.08 Å². The molecule has 3 N–H and O–H groups in total. The highest BCUT2D eigenvalue weighted by Gasteiger charge is 2.05. The fourth-order valence-electron chi connectivity index (χ4n) is 1.64. The van der Waals surface area contributed by atoms with Crippen molar-refractivity contribution in [3.05, 3.63) is 35.9 Å². The van der Waals surface area contributed by atoms with Gasteiger partial charge in [0.05, 0.1) is 6.10 Å². The van der Waals surface area contributed by atoms with Gasteiger partial charge < -0.3 is 20.5 Å². The molecule has 0 aromatic heterocycles. The number of benzene rings is 1. The quantitative estimate of drug-likeness (QED) is 0.673. The fourth-order valence-corrected chi connectivity index (χ4v) is 1.64. The third kappa shape index (κ3) is 7.12. The number of amides is 2. The Balaban J connectivity index is 2.52. The Morgan fingerprint density at radius 2 is 2.19 bits per heavy atom. The van der Waals surface area contributed by atoms with E-state index in [0.29, 0.717) is 24.4 Å². The van der Waals surface area contributed by atoms with Gasteiger partial charge in [0.1, 0.15) is 0 Å². The average Bonchev–Trinajstić information content (AvgIpc) is 2.44. The second kappa shape index (κ2) is 8.76. The molecule has 2 amide bonds. The van der Waals surface area contributed by atoms with Crippen LogP contribution in [0.3, 0.4) is 0 Å². The molecule has 6 heteroatoms. The molecule has 0 aliphatic carbocycles. The maximum atomic E-state index is 11.7. The van der Waals surface area contributed by atoms with Crippen LogP contribution in [0, 0.1) is 0 Å². The van der Waals surface area contributed by atoms with Crippen LogP contribution in [0.25, 0.3) is 6.08 Å². The van der Waals surface area contributed by atoms with Crippen LogP contribution in [0.15, 0.2) is 30.3 Å². The van der Waals surface area contributed by atoms with Crippen molar-refractivity contribution in [3.8, 4) is 0 Å². The Bertz CT molecular complexity index is 514. The van der Waals surface area contributed by atoms with Crippen molar-refractivity contribution in [2.75, 3.05) is 18.5 Å². The molecule has 0 radical (unpaired) electrons. The van der Waals surface area contributed by atoms with Gasteiger partial charge in [0.2, 0.25) is 0 Å². The number of carboxylic acid groups (broad SMARTS) is 1. The lowest BCUT2D eigenvalue weighted by molar-refractivity contribution is -0.131. The normalized spacial score (nSPS) is 12.1. The van der Waals surface area contributed by atoms with Crippen LogP contribution in [0.5, 0.6) is 0 Å². The number of ether oxygens (including phenoxy) is 1. The zero-order valence-electron chi connectivity index (χ0n) is 12.1. The van der Waals surface area contributed by atoms with Crippen molar-refractivity contribution in [3.63, 3.8) is 0 Å². The molecule has 0 fully saturated rings. The van der Waals surface area contributed by atoms with Crippen molar-refractivity contribution in [2.24, 2.45) is 0 Å².